The minimum Gasteiger partial charge on any atom is -0.366 e. The molecule has 5 nitrogen and oxygen atoms in total. The largest absolute Gasteiger partial charge is 0.366 e. The molecule has 2 saturated heterocycles. The highest BCUT2D eigenvalue weighted by molar-refractivity contribution is 5.85. The smallest absolute Gasteiger partial charge is 0.250 e. The first-order valence-corrected chi connectivity index (χ1v) is 5.17. The molecule has 0 bridgehead atoms. The number of morpholine rings is 1. The molecular weight excluding hydrogens is 218 g/mol. The number of hydrogen-bond acceptors (Lipinski definition) is 4. The molecule has 1 unspecified atom stereocenters. The van der Waals surface area contributed by atoms with Gasteiger partial charge in [0.2, 0.25) is 5.91 Å². The Bertz CT molecular complexity index is 206. The number of rotatable bonds is 3. The van der Waals surface area contributed by atoms with Gasteiger partial charge in [0.25, 0.3) is 0 Å². The Balaban J connectivity index is 0.00000112. The standard InChI is InChI=1S/C9H17N3O2.ClH/c13-9(8-6-10-1-2-14-8)12-5-7-3-11-4-7;/h7-8,10-11H,1-6H2,(H,12,13);1H. The summed E-state index contributed by atoms with van der Waals surface area (Å²) < 4.78 is 5.33. The van der Waals surface area contributed by atoms with Crippen LogP contribution in [0.2, 0.25) is 0 Å². The zero-order valence-electron chi connectivity index (χ0n) is 8.62. The van der Waals surface area contributed by atoms with Gasteiger partial charge in [-0.15, -0.1) is 12.4 Å². The van der Waals surface area contributed by atoms with Crippen LogP contribution in [0, 0.1) is 5.92 Å². The van der Waals surface area contributed by atoms with Crippen molar-refractivity contribution in [3.05, 3.63) is 0 Å². The summed E-state index contributed by atoms with van der Waals surface area (Å²) >= 11 is 0. The summed E-state index contributed by atoms with van der Waals surface area (Å²) in [5.41, 5.74) is 0. The van der Waals surface area contributed by atoms with Gasteiger partial charge < -0.3 is 20.7 Å². The summed E-state index contributed by atoms with van der Waals surface area (Å²) in [5, 5.41) is 9.21. The Morgan fingerprint density at radius 3 is 2.67 bits per heavy atom. The Morgan fingerprint density at radius 2 is 2.13 bits per heavy atom. The lowest BCUT2D eigenvalue weighted by atomic mass is 10.0. The molecule has 0 aliphatic carbocycles. The summed E-state index contributed by atoms with van der Waals surface area (Å²) in [6, 6.07) is 0. The van der Waals surface area contributed by atoms with E-state index in [1.807, 2.05) is 0 Å². The van der Waals surface area contributed by atoms with Crippen molar-refractivity contribution in [3.63, 3.8) is 0 Å². The molecule has 1 atom stereocenters. The van der Waals surface area contributed by atoms with E-state index in [1.165, 1.54) is 0 Å². The van der Waals surface area contributed by atoms with Crippen LogP contribution in [0.5, 0.6) is 0 Å². The monoisotopic (exact) mass is 235 g/mol. The van der Waals surface area contributed by atoms with Crippen LogP contribution in [-0.4, -0.2) is 51.3 Å². The van der Waals surface area contributed by atoms with E-state index in [-0.39, 0.29) is 24.4 Å². The van der Waals surface area contributed by atoms with Crippen LogP contribution in [0.25, 0.3) is 0 Å². The first-order valence-electron chi connectivity index (χ1n) is 5.17. The number of ether oxygens (including phenoxy) is 1. The van der Waals surface area contributed by atoms with Crippen LogP contribution in [-0.2, 0) is 9.53 Å². The van der Waals surface area contributed by atoms with Gasteiger partial charge in [-0.05, 0) is 0 Å². The average Bonchev–Trinajstić information content (AvgIpc) is 2.16. The predicted molar refractivity (Wildman–Crippen MR) is 59.2 cm³/mol. The molecule has 0 aromatic carbocycles. The summed E-state index contributed by atoms with van der Waals surface area (Å²) in [7, 11) is 0. The number of hydrogen-bond donors (Lipinski definition) is 3. The first-order chi connectivity index (χ1) is 6.86. The van der Waals surface area contributed by atoms with Gasteiger partial charge >= 0.3 is 0 Å². The lowest BCUT2D eigenvalue weighted by Crippen LogP contribution is -2.52. The van der Waals surface area contributed by atoms with E-state index in [2.05, 4.69) is 16.0 Å². The van der Waals surface area contributed by atoms with Crippen molar-refractivity contribution < 1.29 is 9.53 Å². The summed E-state index contributed by atoms with van der Waals surface area (Å²) in [6.07, 6.45) is -0.295. The minimum atomic E-state index is -0.295. The normalized spacial score (nSPS) is 26.3. The van der Waals surface area contributed by atoms with Crippen molar-refractivity contribution in [2.75, 3.05) is 39.3 Å². The molecule has 0 saturated carbocycles. The molecule has 0 radical (unpaired) electrons. The molecule has 15 heavy (non-hydrogen) atoms. The third kappa shape index (κ3) is 3.61. The molecule has 6 heteroatoms. The quantitative estimate of drug-likeness (QED) is 0.571. The van der Waals surface area contributed by atoms with Crippen LogP contribution >= 0.6 is 12.4 Å². The molecule has 3 N–H and O–H groups in total. The topological polar surface area (TPSA) is 62.4 Å². The van der Waals surface area contributed by atoms with E-state index in [9.17, 15) is 4.79 Å². The van der Waals surface area contributed by atoms with Crippen molar-refractivity contribution in [1.29, 1.82) is 0 Å². The summed E-state index contributed by atoms with van der Waals surface area (Å²) in [6.45, 7) is 4.91. The highest BCUT2D eigenvalue weighted by Gasteiger charge is 2.23. The number of amides is 1. The van der Waals surface area contributed by atoms with Crippen molar-refractivity contribution in [2.24, 2.45) is 5.92 Å². The van der Waals surface area contributed by atoms with Gasteiger partial charge in [-0.1, -0.05) is 0 Å². The van der Waals surface area contributed by atoms with Gasteiger partial charge in [-0.25, -0.2) is 0 Å². The Kier molecular flexibility index (Phi) is 5.31. The van der Waals surface area contributed by atoms with Crippen molar-refractivity contribution in [2.45, 2.75) is 6.10 Å². The van der Waals surface area contributed by atoms with Gasteiger partial charge in [0.15, 0.2) is 0 Å². The lowest BCUT2D eigenvalue weighted by molar-refractivity contribution is -0.134. The molecule has 2 fully saturated rings. The van der Waals surface area contributed by atoms with Crippen LogP contribution in [0.3, 0.4) is 0 Å². The maximum atomic E-state index is 11.5. The maximum absolute atomic E-state index is 11.5. The van der Waals surface area contributed by atoms with E-state index in [0.717, 1.165) is 26.2 Å². The van der Waals surface area contributed by atoms with E-state index in [4.69, 9.17) is 4.74 Å². The maximum Gasteiger partial charge on any atom is 0.250 e. The molecule has 2 aliphatic heterocycles. The number of carbonyl (C=O) groups is 1. The average molecular weight is 236 g/mol. The molecule has 1 amide bonds. The van der Waals surface area contributed by atoms with Crippen LogP contribution in [0.1, 0.15) is 0 Å². The first kappa shape index (κ1) is 12.7. The predicted octanol–water partition coefficient (Wildman–Crippen LogP) is -1.27. The molecule has 0 aromatic heterocycles. The fourth-order valence-corrected chi connectivity index (χ4v) is 1.59. The molecule has 2 aliphatic rings. The van der Waals surface area contributed by atoms with E-state index >= 15 is 0 Å². The van der Waals surface area contributed by atoms with Crippen molar-refractivity contribution in [1.82, 2.24) is 16.0 Å². The Hall–Kier alpha value is -0.360. The van der Waals surface area contributed by atoms with E-state index in [1.54, 1.807) is 0 Å². The zero-order valence-corrected chi connectivity index (χ0v) is 9.44. The molecular formula is C9H18ClN3O2. The number of carbonyl (C=O) groups excluding carboxylic acids is 1. The third-order valence-corrected chi connectivity index (χ3v) is 2.65. The summed E-state index contributed by atoms with van der Waals surface area (Å²) in [5.74, 6) is 0.625. The van der Waals surface area contributed by atoms with Crippen LogP contribution < -0.4 is 16.0 Å². The van der Waals surface area contributed by atoms with Gasteiger partial charge in [0.1, 0.15) is 6.10 Å². The lowest BCUT2D eigenvalue weighted by Gasteiger charge is -2.28. The Morgan fingerprint density at radius 1 is 1.33 bits per heavy atom. The van der Waals surface area contributed by atoms with Crippen molar-refractivity contribution in [3.8, 4) is 0 Å². The minimum absolute atomic E-state index is 0. The van der Waals surface area contributed by atoms with Gasteiger partial charge in [-0.2, -0.15) is 0 Å². The Labute approximate surface area is 95.7 Å². The fourth-order valence-electron chi connectivity index (χ4n) is 1.59. The van der Waals surface area contributed by atoms with Gasteiger partial charge in [-0.3, -0.25) is 4.79 Å². The second-order valence-corrected chi connectivity index (χ2v) is 3.83. The second-order valence-electron chi connectivity index (χ2n) is 3.83. The number of nitrogens with one attached hydrogen (secondary N) is 3. The molecule has 2 rings (SSSR count). The molecule has 0 spiro atoms. The van der Waals surface area contributed by atoms with Gasteiger partial charge in [0.05, 0.1) is 6.61 Å². The SMILES string of the molecule is Cl.O=C(NCC1CNC1)C1CNCCO1. The molecule has 88 valence electrons. The second kappa shape index (κ2) is 6.27. The van der Waals surface area contributed by atoms with E-state index in [0.29, 0.717) is 19.1 Å². The zero-order chi connectivity index (χ0) is 9.80. The number of halogens is 1. The van der Waals surface area contributed by atoms with Gasteiger partial charge in [0, 0.05) is 38.6 Å². The van der Waals surface area contributed by atoms with Crippen LogP contribution in [0.4, 0.5) is 0 Å². The van der Waals surface area contributed by atoms with Crippen molar-refractivity contribution >= 4 is 18.3 Å². The van der Waals surface area contributed by atoms with Crippen LogP contribution in [0.15, 0.2) is 0 Å². The fraction of sp³-hybridized carbons (Fsp3) is 0.889. The highest BCUT2D eigenvalue weighted by atomic mass is 35.5. The molecule has 2 heterocycles. The highest BCUT2D eigenvalue weighted by Crippen LogP contribution is 2.01. The molecule has 0 aromatic rings. The van der Waals surface area contributed by atoms with E-state index < -0.39 is 0 Å². The third-order valence-electron chi connectivity index (χ3n) is 2.65. The summed E-state index contributed by atoms with van der Waals surface area (Å²) in [4.78, 5) is 11.5.